The molecule has 0 saturated carbocycles. The van der Waals surface area contributed by atoms with E-state index in [1.54, 1.807) is 36.8 Å². The summed E-state index contributed by atoms with van der Waals surface area (Å²) in [5.74, 6) is 0. The average Bonchev–Trinajstić information content (AvgIpc) is 2.92. The van der Waals surface area contributed by atoms with Crippen molar-refractivity contribution in [1.82, 2.24) is 14.3 Å². The van der Waals surface area contributed by atoms with Crippen molar-refractivity contribution >= 4 is 10.0 Å². The summed E-state index contributed by atoms with van der Waals surface area (Å²) in [4.78, 5) is 4.14. The summed E-state index contributed by atoms with van der Waals surface area (Å²) in [6, 6.07) is 5.32. The third-order valence-electron chi connectivity index (χ3n) is 3.20. The molecule has 0 aromatic carbocycles. The minimum Gasteiger partial charge on any atom is -0.346 e. The Kier molecular flexibility index (Phi) is 4.76. The highest BCUT2D eigenvalue weighted by atomic mass is 32.2. The first-order valence-corrected chi connectivity index (χ1v) is 8.21. The molecule has 3 N–H and O–H groups in total. The highest BCUT2D eigenvalue weighted by Gasteiger charge is 2.18. The first kappa shape index (κ1) is 15.7. The molecule has 7 heteroatoms. The minimum absolute atomic E-state index is 0.160. The molecule has 114 valence electrons. The van der Waals surface area contributed by atoms with Crippen LogP contribution in [0.2, 0.25) is 0 Å². The van der Waals surface area contributed by atoms with E-state index in [2.05, 4.69) is 9.71 Å². The second kappa shape index (κ2) is 6.38. The Hall–Kier alpha value is -1.70. The van der Waals surface area contributed by atoms with E-state index in [0.29, 0.717) is 6.54 Å². The van der Waals surface area contributed by atoms with Crippen molar-refractivity contribution in [2.75, 3.05) is 0 Å². The smallest absolute Gasteiger partial charge is 0.242 e. The van der Waals surface area contributed by atoms with Crippen molar-refractivity contribution in [3.63, 3.8) is 0 Å². The summed E-state index contributed by atoms with van der Waals surface area (Å²) in [5, 5.41) is 0. The number of rotatable bonds is 6. The molecule has 0 atom stereocenters. The molecular weight excluding hydrogens is 288 g/mol. The molecule has 2 aromatic heterocycles. The number of nitrogens with two attached hydrogens (primary N) is 1. The summed E-state index contributed by atoms with van der Waals surface area (Å²) in [7, 11) is -3.55. The van der Waals surface area contributed by atoms with Crippen LogP contribution in [0.5, 0.6) is 0 Å². The molecular formula is C14H20N4O2S. The third kappa shape index (κ3) is 3.69. The summed E-state index contributed by atoms with van der Waals surface area (Å²) in [6.07, 6.45) is 4.89. The third-order valence-corrected chi connectivity index (χ3v) is 4.57. The molecule has 0 aliphatic carbocycles. The highest BCUT2D eigenvalue weighted by molar-refractivity contribution is 7.89. The topological polar surface area (TPSA) is 90.0 Å². The Morgan fingerprint density at radius 3 is 2.52 bits per heavy atom. The number of nitrogens with zero attached hydrogens (tertiary/aromatic N) is 2. The monoisotopic (exact) mass is 308 g/mol. The number of pyridine rings is 1. The molecule has 0 aliphatic rings. The van der Waals surface area contributed by atoms with Crippen LogP contribution in [-0.4, -0.2) is 18.0 Å². The van der Waals surface area contributed by atoms with Gasteiger partial charge in [-0.2, -0.15) is 0 Å². The van der Waals surface area contributed by atoms with E-state index < -0.39 is 10.0 Å². The Balaban J connectivity index is 2.20. The molecule has 6 nitrogen and oxygen atoms in total. The largest absolute Gasteiger partial charge is 0.346 e. The maximum absolute atomic E-state index is 12.3. The van der Waals surface area contributed by atoms with Crippen molar-refractivity contribution in [3.05, 3.63) is 48.0 Å². The molecule has 0 radical (unpaired) electrons. The van der Waals surface area contributed by atoms with Crippen LogP contribution >= 0.6 is 0 Å². The Morgan fingerprint density at radius 2 is 2.00 bits per heavy atom. The van der Waals surface area contributed by atoms with Crippen LogP contribution in [0.4, 0.5) is 0 Å². The zero-order valence-corrected chi connectivity index (χ0v) is 13.0. The van der Waals surface area contributed by atoms with Gasteiger partial charge in [0.1, 0.15) is 0 Å². The van der Waals surface area contributed by atoms with Gasteiger partial charge in [-0.1, -0.05) is 0 Å². The molecule has 21 heavy (non-hydrogen) atoms. The van der Waals surface area contributed by atoms with Crippen LogP contribution in [-0.2, 0) is 23.1 Å². The second-order valence-electron chi connectivity index (χ2n) is 5.05. The fourth-order valence-electron chi connectivity index (χ4n) is 2.05. The summed E-state index contributed by atoms with van der Waals surface area (Å²) in [6.45, 7) is 4.51. The maximum Gasteiger partial charge on any atom is 0.242 e. The van der Waals surface area contributed by atoms with Crippen LogP contribution < -0.4 is 10.5 Å². The number of sulfonamides is 1. The predicted molar refractivity (Wildman–Crippen MR) is 81.0 cm³/mol. The van der Waals surface area contributed by atoms with Gasteiger partial charge in [-0.3, -0.25) is 4.98 Å². The molecule has 0 fully saturated rings. The van der Waals surface area contributed by atoms with Gasteiger partial charge >= 0.3 is 0 Å². The van der Waals surface area contributed by atoms with Crippen molar-refractivity contribution in [2.24, 2.45) is 5.73 Å². The molecule has 2 heterocycles. The highest BCUT2D eigenvalue weighted by Crippen LogP contribution is 2.18. The summed E-state index contributed by atoms with van der Waals surface area (Å²) in [5.41, 5.74) is 7.32. The fraction of sp³-hybridized carbons (Fsp3) is 0.357. The number of nitrogens with one attached hydrogen (secondary N) is 1. The second-order valence-corrected chi connectivity index (χ2v) is 6.82. The van der Waals surface area contributed by atoms with Crippen molar-refractivity contribution in [1.29, 1.82) is 0 Å². The van der Waals surface area contributed by atoms with Crippen LogP contribution in [0.15, 0.2) is 41.7 Å². The van der Waals surface area contributed by atoms with E-state index in [4.69, 9.17) is 5.73 Å². The Labute approximate surface area is 125 Å². The number of hydrogen-bond acceptors (Lipinski definition) is 4. The van der Waals surface area contributed by atoms with E-state index in [9.17, 15) is 8.42 Å². The standard InChI is InChI=1S/C14H20N4O2S/c1-11(2)18-10-14(7-13(18)8-15)21(19,20)17-9-12-3-5-16-6-4-12/h3-7,10-11,17H,8-9,15H2,1-2H3. The number of aromatic nitrogens is 2. The van der Waals surface area contributed by atoms with Crippen molar-refractivity contribution < 1.29 is 8.42 Å². The van der Waals surface area contributed by atoms with Gasteiger partial charge in [0.05, 0.1) is 4.90 Å². The normalized spacial score (nSPS) is 12.0. The maximum atomic E-state index is 12.3. The zero-order valence-electron chi connectivity index (χ0n) is 12.2. The lowest BCUT2D eigenvalue weighted by Crippen LogP contribution is -2.22. The van der Waals surface area contributed by atoms with Crippen LogP contribution in [0, 0.1) is 0 Å². The lowest BCUT2D eigenvalue weighted by molar-refractivity contribution is 0.569. The zero-order chi connectivity index (χ0) is 15.5. The molecule has 2 aromatic rings. The molecule has 2 rings (SSSR count). The van der Waals surface area contributed by atoms with Gasteiger partial charge in [0.25, 0.3) is 0 Å². The van der Waals surface area contributed by atoms with Crippen molar-refractivity contribution in [3.8, 4) is 0 Å². The Morgan fingerprint density at radius 1 is 1.33 bits per heavy atom. The first-order chi connectivity index (χ1) is 9.94. The molecule has 0 spiro atoms. The van der Waals surface area contributed by atoms with E-state index in [1.807, 2.05) is 18.4 Å². The van der Waals surface area contributed by atoms with Gasteiger partial charge < -0.3 is 10.3 Å². The van der Waals surface area contributed by atoms with Crippen molar-refractivity contribution in [2.45, 2.75) is 37.9 Å². The van der Waals surface area contributed by atoms with E-state index in [0.717, 1.165) is 11.3 Å². The van der Waals surface area contributed by atoms with Gasteiger partial charge in [-0.05, 0) is 37.6 Å². The quantitative estimate of drug-likeness (QED) is 0.844. The molecule has 0 unspecified atom stereocenters. The minimum atomic E-state index is -3.55. The first-order valence-electron chi connectivity index (χ1n) is 6.73. The SMILES string of the molecule is CC(C)n1cc(S(=O)(=O)NCc2ccncc2)cc1CN. The Bertz CT molecular complexity index is 693. The molecule has 0 bridgehead atoms. The van der Waals surface area contributed by atoms with E-state index in [1.165, 1.54) is 0 Å². The average molecular weight is 308 g/mol. The van der Waals surface area contributed by atoms with Gasteiger partial charge in [0.15, 0.2) is 0 Å². The lowest BCUT2D eigenvalue weighted by atomic mass is 10.3. The van der Waals surface area contributed by atoms with E-state index in [-0.39, 0.29) is 17.5 Å². The summed E-state index contributed by atoms with van der Waals surface area (Å²) < 4.78 is 29.1. The lowest BCUT2D eigenvalue weighted by Gasteiger charge is -2.10. The fourth-order valence-corrected chi connectivity index (χ4v) is 3.12. The molecule has 0 aliphatic heterocycles. The van der Waals surface area contributed by atoms with Gasteiger partial charge in [-0.25, -0.2) is 13.1 Å². The number of hydrogen-bond donors (Lipinski definition) is 2. The summed E-state index contributed by atoms with van der Waals surface area (Å²) >= 11 is 0. The van der Waals surface area contributed by atoms with Gasteiger partial charge in [0.2, 0.25) is 10.0 Å². The molecule has 0 saturated heterocycles. The van der Waals surface area contributed by atoms with Gasteiger partial charge in [-0.15, -0.1) is 0 Å². The van der Waals surface area contributed by atoms with Crippen LogP contribution in [0.3, 0.4) is 0 Å². The van der Waals surface area contributed by atoms with Crippen LogP contribution in [0.1, 0.15) is 31.1 Å². The predicted octanol–water partition coefficient (Wildman–Crippen LogP) is 1.40. The van der Waals surface area contributed by atoms with E-state index >= 15 is 0 Å². The molecule has 0 amide bonds. The van der Waals surface area contributed by atoms with Gasteiger partial charge in [0, 0.05) is 43.4 Å². The van der Waals surface area contributed by atoms with Crippen LogP contribution in [0.25, 0.3) is 0 Å².